The molecular weight excluding hydrogens is 365 g/mol. The molecule has 0 aliphatic heterocycles. The van der Waals surface area contributed by atoms with E-state index in [4.69, 9.17) is 17.3 Å². The highest BCUT2D eigenvalue weighted by atomic mass is 127. The number of hydrogen-bond acceptors (Lipinski definition) is 2. The van der Waals surface area contributed by atoms with E-state index in [0.29, 0.717) is 16.2 Å². The Balaban J connectivity index is 2.56. The topological polar surface area (TPSA) is 71.8 Å². The third-order valence-corrected chi connectivity index (χ3v) is 3.77. The normalized spacial score (nSPS) is 11.2. The van der Waals surface area contributed by atoms with Crippen LogP contribution in [0.15, 0.2) is 24.4 Å². The molecule has 4 nitrogen and oxygen atoms in total. The number of amides is 1. The van der Waals surface area contributed by atoms with E-state index in [0.717, 1.165) is 19.9 Å². The monoisotopic (exact) mass is 371 g/mol. The van der Waals surface area contributed by atoms with Crippen LogP contribution in [-0.2, 0) is 0 Å². The van der Waals surface area contributed by atoms with Crippen molar-refractivity contribution in [1.29, 1.82) is 0 Å². The van der Waals surface area contributed by atoms with Gasteiger partial charge in [0.1, 0.15) is 5.15 Å². The number of nitrogens with two attached hydrogens (primary N) is 1. The maximum Gasteiger partial charge on any atom is 0.252 e. The number of H-pyrrole nitrogens is 1. The predicted molar refractivity (Wildman–Crippen MR) is 79.8 cm³/mol. The van der Waals surface area contributed by atoms with Crippen LogP contribution in [-0.4, -0.2) is 15.9 Å². The number of nitrogens with one attached hydrogen (secondary N) is 1. The molecule has 0 aliphatic rings. The zero-order valence-electron chi connectivity index (χ0n) is 9.00. The number of rotatable bonds is 1. The molecule has 1 aromatic carbocycles. The molecule has 0 aliphatic carbocycles. The smallest absolute Gasteiger partial charge is 0.252 e. The number of carbonyl (C=O) groups is 1. The van der Waals surface area contributed by atoms with Crippen LogP contribution in [0.4, 0.5) is 0 Å². The number of aromatic nitrogens is 2. The van der Waals surface area contributed by atoms with Gasteiger partial charge < -0.3 is 10.7 Å². The van der Waals surface area contributed by atoms with Crippen LogP contribution in [0.2, 0.25) is 5.15 Å². The molecule has 0 unspecified atom stereocenters. The number of primary amides is 1. The number of pyridine rings is 1. The fourth-order valence-electron chi connectivity index (χ4n) is 2.02. The van der Waals surface area contributed by atoms with Gasteiger partial charge in [-0.2, -0.15) is 0 Å². The Morgan fingerprint density at radius 2 is 2.22 bits per heavy atom. The van der Waals surface area contributed by atoms with Crippen molar-refractivity contribution in [2.45, 2.75) is 0 Å². The molecule has 0 saturated carbocycles. The lowest BCUT2D eigenvalue weighted by molar-refractivity contribution is 0.100. The van der Waals surface area contributed by atoms with Gasteiger partial charge in [0.25, 0.3) is 5.91 Å². The third kappa shape index (κ3) is 1.65. The molecular formula is C12H7ClIN3O. The first-order chi connectivity index (χ1) is 8.58. The molecule has 0 bridgehead atoms. The highest BCUT2D eigenvalue weighted by Crippen LogP contribution is 2.32. The molecule has 2 aromatic heterocycles. The molecule has 0 saturated heterocycles. The lowest BCUT2D eigenvalue weighted by atomic mass is 10.1. The van der Waals surface area contributed by atoms with Gasteiger partial charge in [-0.3, -0.25) is 4.79 Å². The Morgan fingerprint density at radius 1 is 1.44 bits per heavy atom. The summed E-state index contributed by atoms with van der Waals surface area (Å²) in [6.45, 7) is 0. The quantitative estimate of drug-likeness (QED) is 0.510. The van der Waals surface area contributed by atoms with Gasteiger partial charge in [0.05, 0.1) is 11.1 Å². The number of hydrogen-bond donors (Lipinski definition) is 2. The molecule has 0 radical (unpaired) electrons. The number of carbonyl (C=O) groups excluding carboxylic acids is 1. The molecule has 2 heterocycles. The van der Waals surface area contributed by atoms with E-state index in [1.54, 1.807) is 0 Å². The van der Waals surface area contributed by atoms with Crippen LogP contribution < -0.4 is 5.73 Å². The molecule has 6 heteroatoms. The molecule has 0 atom stereocenters. The minimum atomic E-state index is -0.523. The maximum atomic E-state index is 11.4. The summed E-state index contributed by atoms with van der Waals surface area (Å²) in [7, 11) is 0. The molecule has 3 N–H and O–H groups in total. The van der Waals surface area contributed by atoms with Crippen molar-refractivity contribution in [3.05, 3.63) is 38.7 Å². The van der Waals surface area contributed by atoms with Gasteiger partial charge in [0.2, 0.25) is 0 Å². The second-order valence-electron chi connectivity index (χ2n) is 3.89. The summed E-state index contributed by atoms with van der Waals surface area (Å²) in [5, 5.41) is 2.04. The number of aromatic amines is 1. The zero-order valence-corrected chi connectivity index (χ0v) is 11.9. The fourth-order valence-corrected chi connectivity index (χ4v) is 2.75. The minimum Gasteiger partial charge on any atom is -0.365 e. The summed E-state index contributed by atoms with van der Waals surface area (Å²) in [6.07, 6.45) is 1.40. The zero-order chi connectivity index (χ0) is 12.9. The molecule has 3 rings (SSSR count). The average Bonchev–Trinajstić information content (AvgIpc) is 2.68. The first kappa shape index (κ1) is 11.7. The van der Waals surface area contributed by atoms with Crippen LogP contribution >= 0.6 is 34.2 Å². The largest absolute Gasteiger partial charge is 0.365 e. The summed E-state index contributed by atoms with van der Waals surface area (Å²) in [5.41, 5.74) is 7.23. The molecule has 3 aromatic rings. The lowest BCUT2D eigenvalue weighted by Crippen LogP contribution is -2.11. The number of fused-ring (bicyclic) bond motifs is 3. The van der Waals surface area contributed by atoms with E-state index < -0.39 is 5.91 Å². The highest BCUT2D eigenvalue weighted by Gasteiger charge is 2.15. The van der Waals surface area contributed by atoms with Crippen LogP contribution in [0, 0.1) is 3.57 Å². The average molecular weight is 372 g/mol. The van der Waals surface area contributed by atoms with Crippen molar-refractivity contribution >= 4 is 61.9 Å². The fraction of sp³-hybridized carbons (Fsp3) is 0. The molecule has 1 amide bonds. The summed E-state index contributed by atoms with van der Waals surface area (Å²) < 4.78 is 1.08. The summed E-state index contributed by atoms with van der Waals surface area (Å²) in [6, 6.07) is 5.91. The van der Waals surface area contributed by atoms with Crippen LogP contribution in [0.5, 0.6) is 0 Å². The van der Waals surface area contributed by atoms with Gasteiger partial charge in [0, 0.05) is 26.1 Å². The summed E-state index contributed by atoms with van der Waals surface area (Å²) >= 11 is 8.34. The van der Waals surface area contributed by atoms with Gasteiger partial charge in [-0.15, -0.1) is 0 Å². The Kier molecular flexibility index (Phi) is 2.67. The van der Waals surface area contributed by atoms with Crippen molar-refractivity contribution in [2.24, 2.45) is 5.73 Å². The lowest BCUT2D eigenvalue weighted by Gasteiger charge is -1.99. The van der Waals surface area contributed by atoms with Crippen LogP contribution in [0.25, 0.3) is 21.8 Å². The van der Waals surface area contributed by atoms with E-state index in [-0.39, 0.29) is 0 Å². The minimum absolute atomic E-state index is 0.348. The van der Waals surface area contributed by atoms with Crippen LogP contribution in [0.3, 0.4) is 0 Å². The van der Waals surface area contributed by atoms with E-state index in [1.165, 1.54) is 6.20 Å². The number of benzene rings is 1. The van der Waals surface area contributed by atoms with Gasteiger partial charge in [-0.25, -0.2) is 4.98 Å². The van der Waals surface area contributed by atoms with Gasteiger partial charge in [-0.05, 0) is 40.8 Å². The summed E-state index contributed by atoms with van der Waals surface area (Å²) in [5.74, 6) is -0.523. The van der Waals surface area contributed by atoms with Crippen molar-refractivity contribution in [1.82, 2.24) is 9.97 Å². The van der Waals surface area contributed by atoms with Crippen molar-refractivity contribution in [2.75, 3.05) is 0 Å². The Labute approximate surface area is 121 Å². The van der Waals surface area contributed by atoms with Gasteiger partial charge in [0.15, 0.2) is 0 Å². The Hall–Kier alpha value is -1.34. The van der Waals surface area contributed by atoms with E-state index in [1.807, 2.05) is 18.2 Å². The second kappa shape index (κ2) is 4.10. The molecule has 90 valence electrons. The standard InChI is InChI=1S/C12H7ClIN3O/c13-11-9-6-3-5(14)1-2-8(6)17-10(9)7(4-16-11)12(15)18/h1-4,17H,(H2,15,18). The first-order valence-corrected chi connectivity index (χ1v) is 6.59. The SMILES string of the molecule is NC(=O)c1cnc(Cl)c2c1[nH]c1ccc(I)cc12. The van der Waals surface area contributed by atoms with Crippen LogP contribution in [0.1, 0.15) is 10.4 Å². The van der Waals surface area contributed by atoms with E-state index in [2.05, 4.69) is 32.6 Å². The van der Waals surface area contributed by atoms with Crippen molar-refractivity contribution < 1.29 is 4.79 Å². The van der Waals surface area contributed by atoms with Crippen molar-refractivity contribution in [3.63, 3.8) is 0 Å². The van der Waals surface area contributed by atoms with E-state index in [9.17, 15) is 4.79 Å². The first-order valence-electron chi connectivity index (χ1n) is 5.13. The highest BCUT2D eigenvalue weighted by molar-refractivity contribution is 14.1. The Morgan fingerprint density at radius 3 is 2.94 bits per heavy atom. The number of nitrogens with zero attached hydrogens (tertiary/aromatic N) is 1. The van der Waals surface area contributed by atoms with Crippen molar-refractivity contribution in [3.8, 4) is 0 Å². The second-order valence-corrected chi connectivity index (χ2v) is 5.50. The number of halogens is 2. The summed E-state index contributed by atoms with van der Waals surface area (Å²) in [4.78, 5) is 18.6. The third-order valence-electron chi connectivity index (χ3n) is 2.81. The molecule has 18 heavy (non-hydrogen) atoms. The maximum absolute atomic E-state index is 11.4. The predicted octanol–water partition coefficient (Wildman–Crippen LogP) is 3.07. The Bertz CT molecular complexity index is 797. The van der Waals surface area contributed by atoms with E-state index >= 15 is 0 Å². The van der Waals surface area contributed by atoms with Gasteiger partial charge in [-0.1, -0.05) is 11.6 Å². The van der Waals surface area contributed by atoms with Gasteiger partial charge >= 0.3 is 0 Å². The molecule has 0 fully saturated rings. The molecule has 0 spiro atoms.